The lowest BCUT2D eigenvalue weighted by atomic mass is 9.96. The van der Waals surface area contributed by atoms with Gasteiger partial charge in [-0.15, -0.1) is 0 Å². The summed E-state index contributed by atoms with van der Waals surface area (Å²) in [7, 11) is 0. The van der Waals surface area contributed by atoms with Crippen molar-refractivity contribution in [3.8, 4) is 11.1 Å². The lowest BCUT2D eigenvalue weighted by Gasteiger charge is -2.08. The second-order valence-electron chi connectivity index (χ2n) is 4.28. The smallest absolute Gasteiger partial charge is 0.234 e. The standard InChI is InChI=1S/C15H14NO/c1-10-5-11(2)7-13(6-10)15-8-14(16)4-3-12(15)9-17/h3-8H,16H2,1-2H3. The highest BCUT2D eigenvalue weighted by atomic mass is 16.1. The number of hydrogen-bond acceptors (Lipinski definition) is 2. The van der Waals surface area contributed by atoms with Crippen LogP contribution in [0.15, 0.2) is 36.4 Å². The van der Waals surface area contributed by atoms with E-state index < -0.39 is 0 Å². The molecule has 2 rings (SSSR count). The van der Waals surface area contributed by atoms with Crippen molar-refractivity contribution in [2.45, 2.75) is 13.8 Å². The first kappa shape index (κ1) is 11.4. The highest BCUT2D eigenvalue weighted by Crippen LogP contribution is 2.26. The van der Waals surface area contributed by atoms with E-state index >= 15 is 0 Å². The summed E-state index contributed by atoms with van der Waals surface area (Å²) in [4.78, 5) is 10.9. The van der Waals surface area contributed by atoms with Crippen LogP contribution in [0.4, 0.5) is 5.69 Å². The molecule has 1 radical (unpaired) electrons. The molecule has 2 aromatic carbocycles. The van der Waals surface area contributed by atoms with Crippen molar-refractivity contribution < 1.29 is 4.79 Å². The van der Waals surface area contributed by atoms with Crippen molar-refractivity contribution in [2.24, 2.45) is 0 Å². The van der Waals surface area contributed by atoms with Crippen molar-refractivity contribution in [3.05, 3.63) is 53.1 Å². The van der Waals surface area contributed by atoms with Gasteiger partial charge in [0.15, 0.2) is 0 Å². The molecule has 0 bridgehead atoms. The minimum absolute atomic E-state index is 0.546. The largest absolute Gasteiger partial charge is 0.399 e. The molecule has 2 N–H and O–H groups in total. The van der Waals surface area contributed by atoms with Gasteiger partial charge in [-0.1, -0.05) is 29.3 Å². The van der Waals surface area contributed by atoms with Gasteiger partial charge in [-0.2, -0.15) is 0 Å². The summed E-state index contributed by atoms with van der Waals surface area (Å²) >= 11 is 0. The minimum atomic E-state index is 0.546. The lowest BCUT2D eigenvalue weighted by molar-refractivity contribution is 0.563. The van der Waals surface area contributed by atoms with Crippen molar-refractivity contribution in [3.63, 3.8) is 0 Å². The van der Waals surface area contributed by atoms with E-state index in [0.29, 0.717) is 11.3 Å². The average Bonchev–Trinajstić information content (AvgIpc) is 2.27. The fraction of sp³-hybridized carbons (Fsp3) is 0.133. The van der Waals surface area contributed by atoms with Crippen LogP contribution in [0.2, 0.25) is 0 Å². The third-order valence-electron chi connectivity index (χ3n) is 2.69. The molecule has 0 aromatic heterocycles. The maximum absolute atomic E-state index is 10.9. The van der Waals surface area contributed by atoms with Crippen molar-refractivity contribution in [1.82, 2.24) is 0 Å². The highest BCUT2D eigenvalue weighted by Gasteiger charge is 2.06. The number of aryl methyl sites for hydroxylation is 2. The molecule has 85 valence electrons. The van der Waals surface area contributed by atoms with Gasteiger partial charge in [0, 0.05) is 11.3 Å². The quantitative estimate of drug-likeness (QED) is 0.797. The van der Waals surface area contributed by atoms with E-state index in [1.807, 2.05) is 38.3 Å². The van der Waals surface area contributed by atoms with E-state index in [1.165, 1.54) is 11.1 Å². The zero-order valence-corrected chi connectivity index (χ0v) is 9.95. The molecule has 2 heteroatoms. The zero-order valence-electron chi connectivity index (χ0n) is 9.95. The molecule has 0 aliphatic carbocycles. The monoisotopic (exact) mass is 224 g/mol. The number of hydrogen-bond donors (Lipinski definition) is 1. The molecule has 0 saturated heterocycles. The SMILES string of the molecule is Cc1cc(C)cc(-c2cc(N)ccc2[C]=O)c1. The van der Waals surface area contributed by atoms with Crippen LogP contribution in [-0.2, 0) is 4.79 Å². The van der Waals surface area contributed by atoms with E-state index in [2.05, 4.69) is 6.07 Å². The van der Waals surface area contributed by atoms with Gasteiger partial charge >= 0.3 is 0 Å². The predicted molar refractivity (Wildman–Crippen MR) is 70.6 cm³/mol. The van der Waals surface area contributed by atoms with Crippen molar-refractivity contribution >= 4 is 12.0 Å². The summed E-state index contributed by atoms with van der Waals surface area (Å²) in [5, 5.41) is 0. The lowest BCUT2D eigenvalue weighted by Crippen LogP contribution is -1.92. The van der Waals surface area contributed by atoms with Crippen LogP contribution in [0.1, 0.15) is 16.7 Å². The second kappa shape index (κ2) is 4.42. The van der Waals surface area contributed by atoms with Gasteiger partial charge < -0.3 is 5.73 Å². The molecule has 0 unspecified atom stereocenters. The number of nitrogens with two attached hydrogens (primary N) is 1. The molecule has 0 aliphatic heterocycles. The third kappa shape index (κ3) is 2.36. The Morgan fingerprint density at radius 1 is 1.00 bits per heavy atom. The number of rotatable bonds is 2. The van der Waals surface area contributed by atoms with Crippen LogP contribution in [0.5, 0.6) is 0 Å². The summed E-state index contributed by atoms with van der Waals surface area (Å²) in [6.07, 6.45) is 1.95. The Labute approximate surface area is 101 Å². The highest BCUT2D eigenvalue weighted by molar-refractivity contribution is 5.89. The third-order valence-corrected chi connectivity index (χ3v) is 2.69. The first-order chi connectivity index (χ1) is 8.10. The van der Waals surface area contributed by atoms with Crippen molar-refractivity contribution in [1.29, 1.82) is 0 Å². The Morgan fingerprint density at radius 2 is 1.65 bits per heavy atom. The molecule has 0 aliphatic rings. The van der Waals surface area contributed by atoms with Crippen LogP contribution in [-0.4, -0.2) is 6.29 Å². The fourth-order valence-corrected chi connectivity index (χ4v) is 2.02. The Morgan fingerprint density at radius 3 is 2.24 bits per heavy atom. The fourth-order valence-electron chi connectivity index (χ4n) is 2.02. The zero-order chi connectivity index (χ0) is 12.4. The molecule has 0 heterocycles. The summed E-state index contributed by atoms with van der Waals surface area (Å²) in [6, 6.07) is 11.4. The first-order valence-corrected chi connectivity index (χ1v) is 5.46. The molecular weight excluding hydrogens is 210 g/mol. The van der Waals surface area contributed by atoms with Gasteiger partial charge in [0.2, 0.25) is 6.29 Å². The van der Waals surface area contributed by atoms with Gasteiger partial charge in [0.05, 0.1) is 0 Å². The van der Waals surface area contributed by atoms with E-state index in [0.717, 1.165) is 11.1 Å². The summed E-state index contributed by atoms with van der Waals surface area (Å²) in [5.74, 6) is 0. The predicted octanol–water partition coefficient (Wildman–Crippen LogP) is 3.01. The van der Waals surface area contributed by atoms with E-state index in [9.17, 15) is 4.79 Å². The topological polar surface area (TPSA) is 43.1 Å². The normalized spacial score (nSPS) is 10.2. The van der Waals surface area contributed by atoms with Crippen LogP contribution < -0.4 is 5.73 Å². The van der Waals surface area contributed by atoms with Crippen LogP contribution >= 0.6 is 0 Å². The van der Waals surface area contributed by atoms with E-state index in [4.69, 9.17) is 5.73 Å². The van der Waals surface area contributed by atoms with Gasteiger partial charge in [-0.3, -0.25) is 4.79 Å². The number of benzene rings is 2. The maximum atomic E-state index is 10.9. The van der Waals surface area contributed by atoms with Crippen LogP contribution in [0.3, 0.4) is 0 Å². The molecule has 0 spiro atoms. The molecule has 0 saturated carbocycles. The van der Waals surface area contributed by atoms with Crippen LogP contribution in [0.25, 0.3) is 11.1 Å². The van der Waals surface area contributed by atoms with Crippen molar-refractivity contribution in [2.75, 3.05) is 5.73 Å². The number of carbonyl (C=O) groups excluding carboxylic acids is 1. The molecule has 17 heavy (non-hydrogen) atoms. The number of nitrogen functional groups attached to an aromatic ring is 1. The Balaban J connectivity index is 2.66. The first-order valence-electron chi connectivity index (χ1n) is 5.46. The van der Waals surface area contributed by atoms with E-state index in [-0.39, 0.29) is 0 Å². The summed E-state index contributed by atoms with van der Waals surface area (Å²) in [5.41, 5.74) is 11.1. The van der Waals surface area contributed by atoms with Gasteiger partial charge in [0.1, 0.15) is 0 Å². The molecular formula is C15H14NO. The molecule has 2 nitrogen and oxygen atoms in total. The van der Waals surface area contributed by atoms with Crippen LogP contribution in [0, 0.1) is 13.8 Å². The van der Waals surface area contributed by atoms with Gasteiger partial charge in [-0.05, 0) is 43.2 Å². The number of anilines is 1. The van der Waals surface area contributed by atoms with E-state index in [1.54, 1.807) is 12.1 Å². The minimum Gasteiger partial charge on any atom is -0.399 e. The summed E-state index contributed by atoms with van der Waals surface area (Å²) < 4.78 is 0. The Kier molecular flexibility index (Phi) is 2.96. The van der Waals surface area contributed by atoms with Gasteiger partial charge in [0.25, 0.3) is 0 Å². The molecule has 0 fully saturated rings. The Hall–Kier alpha value is -2.09. The summed E-state index contributed by atoms with van der Waals surface area (Å²) in [6.45, 7) is 4.07. The average molecular weight is 224 g/mol. The molecule has 2 aromatic rings. The maximum Gasteiger partial charge on any atom is 0.234 e. The molecule has 0 atom stereocenters. The molecule has 0 amide bonds. The second-order valence-corrected chi connectivity index (χ2v) is 4.28. The van der Waals surface area contributed by atoms with Gasteiger partial charge in [-0.25, -0.2) is 0 Å². The Bertz CT molecular complexity index is 553.